The summed E-state index contributed by atoms with van der Waals surface area (Å²) in [5.74, 6) is 2.16. The van der Waals surface area contributed by atoms with Crippen LogP contribution in [0.15, 0.2) is 4.52 Å². The molecular weight excluding hydrogens is 204 g/mol. The standard InChI is InChI=1S/C11H20N4O/c1-3-15(4-2)11-13-10(16-14-11)7-9-5-6-12-8-9/h9,12H,3-8H2,1-2H3. The Bertz CT molecular complexity index is 316. The van der Waals surface area contributed by atoms with Gasteiger partial charge in [-0.15, -0.1) is 0 Å². The summed E-state index contributed by atoms with van der Waals surface area (Å²) in [6, 6.07) is 0. The molecule has 0 spiro atoms. The molecule has 1 aromatic heterocycles. The number of anilines is 1. The van der Waals surface area contributed by atoms with Crippen LogP contribution in [0.1, 0.15) is 26.2 Å². The van der Waals surface area contributed by atoms with Crippen LogP contribution in [0.3, 0.4) is 0 Å². The smallest absolute Gasteiger partial charge is 0.266 e. The van der Waals surface area contributed by atoms with Crippen LogP contribution in [0.5, 0.6) is 0 Å². The lowest BCUT2D eigenvalue weighted by Gasteiger charge is -2.14. The van der Waals surface area contributed by atoms with E-state index in [1.165, 1.54) is 6.42 Å². The Balaban J connectivity index is 1.95. The monoisotopic (exact) mass is 224 g/mol. The molecule has 16 heavy (non-hydrogen) atoms. The van der Waals surface area contributed by atoms with Crippen molar-refractivity contribution in [2.75, 3.05) is 31.1 Å². The van der Waals surface area contributed by atoms with Gasteiger partial charge in [-0.1, -0.05) is 0 Å². The van der Waals surface area contributed by atoms with Crippen LogP contribution >= 0.6 is 0 Å². The van der Waals surface area contributed by atoms with Crippen LogP contribution in [-0.4, -0.2) is 36.3 Å². The fraction of sp³-hybridized carbons (Fsp3) is 0.818. The summed E-state index contributed by atoms with van der Waals surface area (Å²) in [5.41, 5.74) is 0. The van der Waals surface area contributed by atoms with E-state index < -0.39 is 0 Å². The average Bonchev–Trinajstić information content (AvgIpc) is 2.93. The Morgan fingerprint density at radius 1 is 1.44 bits per heavy atom. The van der Waals surface area contributed by atoms with Crippen LogP contribution in [0, 0.1) is 5.92 Å². The lowest BCUT2D eigenvalue weighted by molar-refractivity contribution is 0.357. The van der Waals surface area contributed by atoms with E-state index >= 15 is 0 Å². The first-order chi connectivity index (χ1) is 7.83. The third-order valence-electron chi connectivity index (χ3n) is 3.13. The van der Waals surface area contributed by atoms with Crippen molar-refractivity contribution >= 4 is 5.95 Å². The number of aromatic nitrogens is 2. The van der Waals surface area contributed by atoms with Crippen LogP contribution in [0.4, 0.5) is 5.95 Å². The van der Waals surface area contributed by atoms with E-state index in [9.17, 15) is 0 Å². The SMILES string of the molecule is CCN(CC)c1noc(CC2CCNC2)n1. The quantitative estimate of drug-likeness (QED) is 0.810. The van der Waals surface area contributed by atoms with E-state index in [0.29, 0.717) is 5.92 Å². The number of rotatable bonds is 5. The normalized spacial score (nSPS) is 20.2. The molecule has 5 nitrogen and oxygen atoms in total. The molecular formula is C11H20N4O. The molecule has 1 aromatic rings. The van der Waals surface area contributed by atoms with Gasteiger partial charge in [-0.3, -0.25) is 0 Å². The maximum Gasteiger partial charge on any atom is 0.266 e. The Kier molecular flexibility index (Phi) is 3.77. The van der Waals surface area contributed by atoms with Gasteiger partial charge in [0.05, 0.1) is 0 Å². The molecule has 0 radical (unpaired) electrons. The summed E-state index contributed by atoms with van der Waals surface area (Å²) in [5, 5.41) is 7.36. The molecule has 0 aliphatic carbocycles. The minimum atomic E-state index is 0.657. The molecule has 1 saturated heterocycles. The first kappa shape index (κ1) is 11.4. The van der Waals surface area contributed by atoms with E-state index in [1.807, 2.05) is 0 Å². The zero-order valence-corrected chi connectivity index (χ0v) is 10.1. The molecule has 1 N–H and O–H groups in total. The summed E-state index contributed by atoms with van der Waals surface area (Å²) in [6.45, 7) is 8.21. The highest BCUT2D eigenvalue weighted by atomic mass is 16.5. The maximum atomic E-state index is 5.28. The molecule has 1 atom stereocenters. The van der Waals surface area contributed by atoms with Gasteiger partial charge in [0.1, 0.15) is 0 Å². The fourth-order valence-corrected chi connectivity index (χ4v) is 2.10. The first-order valence-electron chi connectivity index (χ1n) is 6.11. The Hall–Kier alpha value is -1.10. The van der Waals surface area contributed by atoms with Gasteiger partial charge in [-0.2, -0.15) is 4.98 Å². The average molecular weight is 224 g/mol. The molecule has 1 fully saturated rings. The minimum Gasteiger partial charge on any atom is -0.339 e. The van der Waals surface area contributed by atoms with Crippen molar-refractivity contribution in [1.82, 2.24) is 15.5 Å². The summed E-state index contributed by atoms with van der Waals surface area (Å²) >= 11 is 0. The Morgan fingerprint density at radius 3 is 2.88 bits per heavy atom. The van der Waals surface area contributed by atoms with Gasteiger partial charge in [0.2, 0.25) is 5.89 Å². The zero-order chi connectivity index (χ0) is 11.4. The largest absolute Gasteiger partial charge is 0.339 e. The summed E-state index contributed by atoms with van der Waals surface area (Å²) in [7, 11) is 0. The van der Waals surface area contributed by atoms with E-state index in [2.05, 4.69) is 34.2 Å². The second-order valence-electron chi connectivity index (χ2n) is 4.22. The fourth-order valence-electron chi connectivity index (χ4n) is 2.10. The van der Waals surface area contributed by atoms with Gasteiger partial charge < -0.3 is 14.7 Å². The summed E-state index contributed by atoms with van der Waals surface area (Å²) < 4.78 is 5.28. The molecule has 0 aromatic carbocycles. The molecule has 0 amide bonds. The number of nitrogens with zero attached hydrogens (tertiary/aromatic N) is 3. The maximum absolute atomic E-state index is 5.28. The van der Waals surface area contributed by atoms with Crippen LogP contribution in [0.2, 0.25) is 0 Å². The molecule has 1 aliphatic heterocycles. The molecule has 2 rings (SSSR count). The van der Waals surface area contributed by atoms with E-state index in [-0.39, 0.29) is 0 Å². The first-order valence-corrected chi connectivity index (χ1v) is 6.11. The number of nitrogens with one attached hydrogen (secondary N) is 1. The molecule has 5 heteroatoms. The topological polar surface area (TPSA) is 54.2 Å². The zero-order valence-electron chi connectivity index (χ0n) is 10.1. The third kappa shape index (κ3) is 2.52. The second-order valence-corrected chi connectivity index (χ2v) is 4.22. The van der Waals surface area contributed by atoms with Crippen molar-refractivity contribution in [2.24, 2.45) is 5.92 Å². The summed E-state index contributed by atoms with van der Waals surface area (Å²) in [4.78, 5) is 6.53. The number of hydrogen-bond acceptors (Lipinski definition) is 5. The third-order valence-corrected chi connectivity index (χ3v) is 3.13. The van der Waals surface area contributed by atoms with Crippen molar-refractivity contribution in [1.29, 1.82) is 0 Å². The Labute approximate surface area is 96.2 Å². The van der Waals surface area contributed by atoms with Crippen LogP contribution < -0.4 is 10.2 Å². The summed E-state index contributed by atoms with van der Waals surface area (Å²) in [6.07, 6.45) is 2.12. The van der Waals surface area contributed by atoms with Crippen LogP contribution in [-0.2, 0) is 6.42 Å². The lowest BCUT2D eigenvalue weighted by Crippen LogP contribution is -2.23. The van der Waals surface area contributed by atoms with Gasteiger partial charge in [0.25, 0.3) is 5.95 Å². The second kappa shape index (κ2) is 5.30. The number of hydrogen-bond donors (Lipinski definition) is 1. The predicted molar refractivity (Wildman–Crippen MR) is 62.5 cm³/mol. The van der Waals surface area contributed by atoms with Crippen molar-refractivity contribution in [3.05, 3.63) is 5.89 Å². The highest BCUT2D eigenvalue weighted by Gasteiger charge is 2.19. The van der Waals surface area contributed by atoms with Gasteiger partial charge >= 0.3 is 0 Å². The van der Waals surface area contributed by atoms with E-state index in [0.717, 1.165) is 44.4 Å². The lowest BCUT2D eigenvalue weighted by atomic mass is 10.1. The van der Waals surface area contributed by atoms with Crippen LogP contribution in [0.25, 0.3) is 0 Å². The molecule has 0 bridgehead atoms. The minimum absolute atomic E-state index is 0.657. The van der Waals surface area contributed by atoms with Gasteiger partial charge in [0, 0.05) is 19.5 Å². The van der Waals surface area contributed by atoms with Crippen molar-refractivity contribution < 1.29 is 4.52 Å². The molecule has 1 unspecified atom stereocenters. The van der Waals surface area contributed by atoms with Gasteiger partial charge in [-0.05, 0) is 44.4 Å². The Morgan fingerprint density at radius 2 is 2.25 bits per heavy atom. The molecule has 1 aliphatic rings. The van der Waals surface area contributed by atoms with Gasteiger partial charge in [-0.25, -0.2) is 0 Å². The van der Waals surface area contributed by atoms with E-state index in [4.69, 9.17) is 4.52 Å². The molecule has 0 saturated carbocycles. The van der Waals surface area contributed by atoms with E-state index in [1.54, 1.807) is 0 Å². The van der Waals surface area contributed by atoms with Crippen molar-refractivity contribution in [3.63, 3.8) is 0 Å². The van der Waals surface area contributed by atoms with Gasteiger partial charge in [0.15, 0.2) is 0 Å². The molecule has 90 valence electrons. The van der Waals surface area contributed by atoms with Crippen molar-refractivity contribution in [3.8, 4) is 0 Å². The highest BCUT2D eigenvalue weighted by Crippen LogP contribution is 2.16. The van der Waals surface area contributed by atoms with Crippen molar-refractivity contribution in [2.45, 2.75) is 26.7 Å². The molecule has 2 heterocycles. The predicted octanol–water partition coefficient (Wildman–Crippen LogP) is 1.07. The highest BCUT2D eigenvalue weighted by molar-refractivity contribution is 5.26.